The van der Waals surface area contributed by atoms with E-state index < -0.39 is 0 Å². The van der Waals surface area contributed by atoms with Crippen molar-refractivity contribution in [3.05, 3.63) is 48.0 Å². The van der Waals surface area contributed by atoms with Gasteiger partial charge in [0.05, 0.1) is 12.1 Å². The number of nitrogens with one attached hydrogen (secondary N) is 1. The van der Waals surface area contributed by atoms with Crippen LogP contribution >= 0.6 is 12.4 Å². The molecule has 2 atom stereocenters. The van der Waals surface area contributed by atoms with Gasteiger partial charge in [-0.2, -0.15) is 0 Å². The van der Waals surface area contributed by atoms with Crippen molar-refractivity contribution in [2.24, 2.45) is 11.1 Å². The number of rotatable bonds is 4. The lowest BCUT2D eigenvalue weighted by Crippen LogP contribution is -2.43. The molecule has 0 bridgehead atoms. The molecule has 1 aromatic rings. The Morgan fingerprint density at radius 2 is 2.09 bits per heavy atom. The summed E-state index contributed by atoms with van der Waals surface area (Å²) in [4.78, 5) is 12.5. The van der Waals surface area contributed by atoms with Gasteiger partial charge >= 0.3 is 0 Å². The first-order valence-electron chi connectivity index (χ1n) is 7.98. The molecule has 1 aliphatic carbocycles. The zero-order valence-electron chi connectivity index (χ0n) is 13.3. The Morgan fingerprint density at radius 1 is 1.39 bits per heavy atom. The van der Waals surface area contributed by atoms with Gasteiger partial charge in [0.1, 0.15) is 0 Å². The Morgan fingerprint density at radius 3 is 2.74 bits per heavy atom. The van der Waals surface area contributed by atoms with Gasteiger partial charge in [0.25, 0.3) is 0 Å². The fourth-order valence-electron chi connectivity index (χ4n) is 3.58. The van der Waals surface area contributed by atoms with E-state index in [9.17, 15) is 4.79 Å². The lowest BCUT2D eigenvalue weighted by Gasteiger charge is -2.34. The topological polar surface area (TPSA) is 64.4 Å². The maximum Gasteiger partial charge on any atom is 0.221 e. The van der Waals surface area contributed by atoms with Gasteiger partial charge in [0, 0.05) is 25.0 Å². The molecule has 126 valence electrons. The van der Waals surface area contributed by atoms with Crippen molar-refractivity contribution in [1.82, 2.24) is 5.32 Å². The van der Waals surface area contributed by atoms with Gasteiger partial charge < -0.3 is 15.8 Å². The quantitative estimate of drug-likeness (QED) is 0.830. The van der Waals surface area contributed by atoms with E-state index in [0.717, 1.165) is 24.8 Å². The minimum absolute atomic E-state index is 0. The van der Waals surface area contributed by atoms with Crippen molar-refractivity contribution >= 4 is 18.3 Å². The first-order chi connectivity index (χ1) is 10.6. The van der Waals surface area contributed by atoms with Crippen LogP contribution in [0.4, 0.5) is 0 Å². The maximum atomic E-state index is 12.5. The van der Waals surface area contributed by atoms with E-state index in [-0.39, 0.29) is 35.8 Å². The second kappa shape index (κ2) is 7.47. The molecule has 1 aromatic carbocycles. The zero-order chi connectivity index (χ0) is 15.6. The van der Waals surface area contributed by atoms with Crippen LogP contribution in [0.15, 0.2) is 36.9 Å². The molecular formula is C18H25ClN2O2. The lowest BCUT2D eigenvalue weighted by atomic mass is 9.77. The number of hydrogen-bond donors (Lipinski definition) is 2. The van der Waals surface area contributed by atoms with Crippen LogP contribution in [0.25, 0.3) is 0 Å². The van der Waals surface area contributed by atoms with Gasteiger partial charge in [-0.1, -0.05) is 30.3 Å². The normalized spacial score (nSPS) is 25.1. The average Bonchev–Trinajstić information content (AvgIpc) is 2.85. The Bertz CT molecular complexity index is 570. The minimum atomic E-state index is -0.127. The van der Waals surface area contributed by atoms with E-state index >= 15 is 0 Å². The van der Waals surface area contributed by atoms with Gasteiger partial charge in [0.2, 0.25) is 5.91 Å². The lowest BCUT2D eigenvalue weighted by molar-refractivity contribution is -0.124. The number of amides is 1. The number of carbonyl (C=O) groups excluding carboxylic acids is 1. The molecule has 5 heteroatoms. The van der Waals surface area contributed by atoms with Gasteiger partial charge in [-0.15, -0.1) is 19.0 Å². The molecule has 0 radical (unpaired) electrons. The molecule has 1 heterocycles. The molecule has 1 amide bonds. The van der Waals surface area contributed by atoms with Crippen molar-refractivity contribution in [2.45, 2.75) is 37.8 Å². The highest BCUT2D eigenvalue weighted by atomic mass is 35.5. The van der Waals surface area contributed by atoms with Gasteiger partial charge in [0.15, 0.2) is 0 Å². The Balaban J connectivity index is 0.00000192. The molecule has 1 aliphatic heterocycles. The molecule has 0 unspecified atom stereocenters. The highest BCUT2D eigenvalue weighted by molar-refractivity contribution is 5.85. The monoisotopic (exact) mass is 336 g/mol. The smallest absolute Gasteiger partial charge is 0.221 e. The van der Waals surface area contributed by atoms with E-state index in [1.807, 2.05) is 18.2 Å². The fraction of sp³-hybridized carbons (Fsp3) is 0.500. The molecule has 0 spiro atoms. The van der Waals surface area contributed by atoms with E-state index in [2.05, 4.69) is 24.0 Å². The van der Waals surface area contributed by atoms with Crippen LogP contribution in [0.5, 0.6) is 0 Å². The molecule has 3 rings (SSSR count). The van der Waals surface area contributed by atoms with Crippen LogP contribution in [-0.2, 0) is 16.0 Å². The standard InChI is InChI=1S/C18H24N2O2.ClH/c1-2-18(7-9-22-10-8-18)12-16(21)20-15-11-13-5-3-4-6-14(13)17(15)19;/h2-6,15,17H,1,7-12,19H2,(H,20,21);1H/t15-,17-;/m1./s1. The molecule has 4 nitrogen and oxygen atoms in total. The second-order valence-electron chi connectivity index (χ2n) is 6.46. The van der Waals surface area contributed by atoms with Crippen LogP contribution in [0.1, 0.15) is 36.4 Å². The summed E-state index contributed by atoms with van der Waals surface area (Å²) in [5.41, 5.74) is 8.55. The third kappa shape index (κ3) is 3.77. The average molecular weight is 337 g/mol. The molecule has 0 aromatic heterocycles. The van der Waals surface area contributed by atoms with Crippen molar-refractivity contribution in [3.63, 3.8) is 0 Å². The molecular weight excluding hydrogens is 312 g/mol. The number of benzene rings is 1. The number of fused-ring (bicyclic) bond motifs is 1. The molecule has 3 N–H and O–H groups in total. The third-order valence-electron chi connectivity index (χ3n) is 5.07. The van der Waals surface area contributed by atoms with Gasteiger partial charge in [-0.3, -0.25) is 4.79 Å². The fourth-order valence-corrected chi connectivity index (χ4v) is 3.58. The predicted octanol–water partition coefficient (Wildman–Crippen LogP) is 2.52. The summed E-state index contributed by atoms with van der Waals surface area (Å²) >= 11 is 0. The summed E-state index contributed by atoms with van der Waals surface area (Å²) in [6, 6.07) is 8.03. The maximum absolute atomic E-state index is 12.5. The third-order valence-corrected chi connectivity index (χ3v) is 5.07. The van der Waals surface area contributed by atoms with Crippen molar-refractivity contribution in [1.29, 1.82) is 0 Å². The molecule has 23 heavy (non-hydrogen) atoms. The summed E-state index contributed by atoms with van der Waals surface area (Å²) < 4.78 is 5.40. The highest BCUT2D eigenvalue weighted by Crippen LogP contribution is 2.36. The van der Waals surface area contributed by atoms with Crippen LogP contribution < -0.4 is 11.1 Å². The Labute approximate surface area is 143 Å². The van der Waals surface area contributed by atoms with E-state index in [0.29, 0.717) is 19.6 Å². The van der Waals surface area contributed by atoms with E-state index in [4.69, 9.17) is 10.5 Å². The molecule has 1 saturated heterocycles. The number of nitrogens with two attached hydrogens (primary N) is 1. The van der Waals surface area contributed by atoms with Crippen molar-refractivity contribution < 1.29 is 9.53 Å². The molecule has 0 saturated carbocycles. The predicted molar refractivity (Wildman–Crippen MR) is 93.6 cm³/mol. The summed E-state index contributed by atoms with van der Waals surface area (Å²) in [7, 11) is 0. The first kappa shape index (κ1) is 18.0. The summed E-state index contributed by atoms with van der Waals surface area (Å²) in [5, 5.41) is 3.13. The van der Waals surface area contributed by atoms with E-state index in [1.54, 1.807) is 0 Å². The van der Waals surface area contributed by atoms with E-state index in [1.165, 1.54) is 5.56 Å². The van der Waals surface area contributed by atoms with Crippen molar-refractivity contribution in [2.75, 3.05) is 13.2 Å². The minimum Gasteiger partial charge on any atom is -0.381 e. The van der Waals surface area contributed by atoms with Crippen LogP contribution in [0.3, 0.4) is 0 Å². The van der Waals surface area contributed by atoms with Crippen LogP contribution in [0.2, 0.25) is 0 Å². The first-order valence-corrected chi connectivity index (χ1v) is 7.98. The number of carbonyl (C=O) groups is 1. The second-order valence-corrected chi connectivity index (χ2v) is 6.46. The van der Waals surface area contributed by atoms with Gasteiger partial charge in [-0.25, -0.2) is 0 Å². The molecule has 2 aliphatic rings. The Kier molecular flexibility index (Phi) is 5.84. The number of ether oxygens (including phenoxy) is 1. The SMILES string of the molecule is C=CC1(CC(=O)N[C@@H]2Cc3ccccc3[C@H]2N)CCOCC1.Cl. The summed E-state index contributed by atoms with van der Waals surface area (Å²) in [6.07, 6.45) is 4.94. The summed E-state index contributed by atoms with van der Waals surface area (Å²) in [6.45, 7) is 5.33. The summed E-state index contributed by atoms with van der Waals surface area (Å²) in [5.74, 6) is 0.0649. The highest BCUT2D eigenvalue weighted by Gasteiger charge is 2.35. The van der Waals surface area contributed by atoms with Crippen LogP contribution in [0, 0.1) is 5.41 Å². The Hall–Kier alpha value is -1.36. The van der Waals surface area contributed by atoms with Crippen molar-refractivity contribution in [3.8, 4) is 0 Å². The zero-order valence-corrected chi connectivity index (χ0v) is 14.1. The number of halogens is 1. The molecule has 1 fully saturated rings. The largest absolute Gasteiger partial charge is 0.381 e. The van der Waals surface area contributed by atoms with Gasteiger partial charge in [-0.05, 0) is 30.4 Å². The van der Waals surface area contributed by atoms with Crippen LogP contribution in [-0.4, -0.2) is 25.2 Å². The number of allylic oxidation sites excluding steroid dienone is 1. The number of hydrogen-bond acceptors (Lipinski definition) is 3.